The Morgan fingerprint density at radius 1 is 1.18 bits per heavy atom. The highest BCUT2D eigenvalue weighted by Crippen LogP contribution is 2.48. The fourth-order valence-corrected chi connectivity index (χ4v) is 6.50. The van der Waals surface area contributed by atoms with Gasteiger partial charge < -0.3 is 25.5 Å². The Balaban J connectivity index is 1.29. The largest absolute Gasteiger partial charge is 0.350 e. The molecule has 1 saturated heterocycles. The summed E-state index contributed by atoms with van der Waals surface area (Å²) in [7, 11) is 3.06. The third-order valence-corrected chi connectivity index (χ3v) is 9.22. The lowest BCUT2D eigenvalue weighted by Gasteiger charge is -2.33. The SMILES string of the molecule is CC(C)C[C@@H](C(=O)N1C[C@]2(C[C@H]1C#N)C(=O)Nc1ccc(NN(C)C3(F)CC3)cc12)N(C)C(=O)c1cc2c(F)cc(F)cc2[nH]1. The molecular formula is C32H34F3N7O3. The number of nitrogens with zero attached hydrogens (tertiary/aromatic N) is 4. The molecular weight excluding hydrogens is 587 g/mol. The van der Waals surface area contributed by atoms with Crippen LogP contribution in [0.25, 0.3) is 10.9 Å². The molecule has 3 heterocycles. The first-order chi connectivity index (χ1) is 21.3. The molecule has 10 nitrogen and oxygen atoms in total. The van der Waals surface area contributed by atoms with Crippen molar-refractivity contribution in [2.45, 2.75) is 62.8 Å². The molecule has 13 heteroatoms. The van der Waals surface area contributed by atoms with Crippen molar-refractivity contribution < 1.29 is 27.6 Å². The van der Waals surface area contributed by atoms with E-state index in [0.29, 0.717) is 29.8 Å². The van der Waals surface area contributed by atoms with Crippen molar-refractivity contribution in [2.75, 3.05) is 31.4 Å². The van der Waals surface area contributed by atoms with Gasteiger partial charge >= 0.3 is 0 Å². The minimum absolute atomic E-state index is 0.0244. The minimum Gasteiger partial charge on any atom is -0.350 e. The van der Waals surface area contributed by atoms with Crippen LogP contribution < -0.4 is 10.7 Å². The summed E-state index contributed by atoms with van der Waals surface area (Å²) < 4.78 is 42.7. The quantitative estimate of drug-likeness (QED) is 0.248. The number of carbonyl (C=O) groups excluding carboxylic acids is 3. The summed E-state index contributed by atoms with van der Waals surface area (Å²) >= 11 is 0. The van der Waals surface area contributed by atoms with E-state index in [4.69, 9.17) is 0 Å². The van der Waals surface area contributed by atoms with Gasteiger partial charge in [-0.3, -0.25) is 14.4 Å². The Kier molecular flexibility index (Phi) is 7.31. The summed E-state index contributed by atoms with van der Waals surface area (Å²) in [6, 6.07) is 8.47. The molecule has 1 aliphatic carbocycles. The number of benzene rings is 2. The molecule has 0 bridgehead atoms. The lowest BCUT2D eigenvalue weighted by Crippen LogP contribution is -2.52. The monoisotopic (exact) mass is 621 g/mol. The molecule has 3 N–H and O–H groups in total. The second-order valence-corrected chi connectivity index (χ2v) is 12.8. The molecule has 3 atom stereocenters. The first-order valence-electron chi connectivity index (χ1n) is 14.9. The molecule has 45 heavy (non-hydrogen) atoms. The van der Waals surface area contributed by atoms with Crippen LogP contribution in [-0.4, -0.2) is 76.0 Å². The van der Waals surface area contributed by atoms with Crippen molar-refractivity contribution in [3.05, 3.63) is 59.3 Å². The molecule has 1 spiro atoms. The van der Waals surface area contributed by atoms with Crippen LogP contribution in [0, 0.1) is 28.9 Å². The summed E-state index contributed by atoms with van der Waals surface area (Å²) in [5, 5.41) is 14.5. The number of likely N-dealkylation sites (N-methyl/N-ethyl adjacent to an activating group) is 1. The van der Waals surface area contributed by atoms with Crippen LogP contribution in [0.3, 0.4) is 0 Å². The zero-order valence-corrected chi connectivity index (χ0v) is 25.4. The van der Waals surface area contributed by atoms with Crippen molar-refractivity contribution in [3.8, 4) is 6.07 Å². The number of aromatic nitrogens is 1. The molecule has 0 unspecified atom stereocenters. The molecule has 1 saturated carbocycles. The van der Waals surface area contributed by atoms with E-state index < -0.39 is 46.7 Å². The van der Waals surface area contributed by atoms with Crippen LogP contribution in [0.5, 0.6) is 0 Å². The maximum Gasteiger partial charge on any atom is 0.270 e. The maximum absolute atomic E-state index is 14.6. The van der Waals surface area contributed by atoms with Gasteiger partial charge in [0.25, 0.3) is 5.91 Å². The minimum atomic E-state index is -1.43. The number of fused-ring (bicyclic) bond motifs is 3. The zero-order chi connectivity index (χ0) is 32.4. The smallest absolute Gasteiger partial charge is 0.270 e. The van der Waals surface area contributed by atoms with E-state index in [2.05, 4.69) is 21.8 Å². The van der Waals surface area contributed by atoms with E-state index in [-0.39, 0.29) is 47.8 Å². The Labute approximate surface area is 258 Å². The van der Waals surface area contributed by atoms with Gasteiger partial charge in [0.15, 0.2) is 5.79 Å². The number of hydrogen-bond acceptors (Lipinski definition) is 6. The van der Waals surface area contributed by atoms with Crippen molar-refractivity contribution in [2.24, 2.45) is 5.92 Å². The maximum atomic E-state index is 14.6. The van der Waals surface area contributed by atoms with Crippen LogP contribution >= 0.6 is 0 Å². The Morgan fingerprint density at radius 2 is 1.91 bits per heavy atom. The summed E-state index contributed by atoms with van der Waals surface area (Å²) in [6.07, 6.45) is 1.12. The molecule has 3 aliphatic rings. The highest BCUT2D eigenvalue weighted by Gasteiger charge is 2.57. The van der Waals surface area contributed by atoms with Crippen molar-refractivity contribution in [1.29, 1.82) is 5.26 Å². The lowest BCUT2D eigenvalue weighted by molar-refractivity contribution is -0.136. The number of H-pyrrole nitrogens is 1. The van der Waals surface area contributed by atoms with Crippen molar-refractivity contribution in [1.82, 2.24) is 19.8 Å². The predicted octanol–water partition coefficient (Wildman–Crippen LogP) is 4.67. The van der Waals surface area contributed by atoms with E-state index in [1.165, 1.54) is 27.9 Å². The number of nitriles is 1. The molecule has 2 aliphatic heterocycles. The third kappa shape index (κ3) is 5.16. The van der Waals surface area contributed by atoms with Crippen LogP contribution in [0.2, 0.25) is 0 Å². The number of rotatable bonds is 8. The van der Waals surface area contributed by atoms with Crippen LogP contribution in [0.15, 0.2) is 36.4 Å². The lowest BCUT2D eigenvalue weighted by atomic mass is 9.79. The first-order valence-corrected chi connectivity index (χ1v) is 14.9. The van der Waals surface area contributed by atoms with Gasteiger partial charge in [0, 0.05) is 62.7 Å². The molecule has 2 fully saturated rings. The number of anilines is 2. The number of hydrogen-bond donors (Lipinski definition) is 3. The summed E-state index contributed by atoms with van der Waals surface area (Å²) in [5.41, 5.74) is 3.60. The van der Waals surface area contributed by atoms with Gasteiger partial charge in [-0.15, -0.1) is 0 Å². The standard InChI is InChI=1S/C32H34F3N7O3/c1-17(2)9-27(40(3)28(43)26-13-21-23(34)10-18(33)11-25(21)37-26)29(44)42-16-31(14-20(42)15-36)22-12-19(5-6-24(22)38-30(31)45)39-41(4)32(35)7-8-32/h5-6,10-13,17,20,27,37,39H,7-9,14,16H2,1-4H3,(H,38,45)/t20-,27-,31-/m0/s1. The zero-order valence-electron chi connectivity index (χ0n) is 25.4. The van der Waals surface area contributed by atoms with Crippen molar-refractivity contribution >= 4 is 40.0 Å². The molecule has 2 aromatic carbocycles. The van der Waals surface area contributed by atoms with Crippen LogP contribution in [0.4, 0.5) is 24.5 Å². The predicted molar refractivity (Wildman–Crippen MR) is 160 cm³/mol. The average Bonchev–Trinajstić information content (AvgIpc) is 3.33. The molecule has 3 aromatic rings. The number of alkyl halides is 1. The fraction of sp³-hybridized carbons (Fsp3) is 0.438. The molecule has 236 valence electrons. The van der Waals surface area contributed by atoms with Gasteiger partial charge in [0.1, 0.15) is 29.4 Å². The number of likely N-dealkylation sites (tertiary alicyclic amines) is 1. The third-order valence-electron chi connectivity index (χ3n) is 9.22. The second-order valence-electron chi connectivity index (χ2n) is 12.8. The Hall–Kier alpha value is -4.57. The number of carbonyl (C=O) groups is 3. The molecule has 6 rings (SSSR count). The number of halogens is 3. The van der Waals surface area contributed by atoms with E-state index in [0.717, 1.165) is 12.1 Å². The summed E-state index contributed by atoms with van der Waals surface area (Å²) in [6.45, 7) is 3.69. The number of hydrazine groups is 1. The van der Waals surface area contributed by atoms with Crippen LogP contribution in [0.1, 0.15) is 55.6 Å². The number of nitrogens with one attached hydrogen (secondary N) is 3. The second kappa shape index (κ2) is 10.8. The molecule has 0 radical (unpaired) electrons. The molecule has 1 aromatic heterocycles. The molecule has 3 amide bonds. The van der Waals surface area contributed by atoms with Gasteiger partial charge in [0.2, 0.25) is 11.8 Å². The summed E-state index contributed by atoms with van der Waals surface area (Å²) in [5.74, 6) is -4.55. The number of aromatic amines is 1. The number of amides is 3. The highest BCUT2D eigenvalue weighted by molar-refractivity contribution is 6.08. The van der Waals surface area contributed by atoms with Gasteiger partial charge in [-0.25, -0.2) is 13.2 Å². The first kappa shape index (κ1) is 30.5. The summed E-state index contributed by atoms with van der Waals surface area (Å²) in [4.78, 5) is 46.7. The van der Waals surface area contributed by atoms with E-state index in [9.17, 15) is 32.8 Å². The van der Waals surface area contributed by atoms with E-state index in [1.807, 2.05) is 13.8 Å². The topological polar surface area (TPSA) is 125 Å². The Bertz CT molecular complexity index is 1760. The van der Waals surface area contributed by atoms with E-state index in [1.54, 1.807) is 25.2 Å². The average molecular weight is 622 g/mol. The van der Waals surface area contributed by atoms with Gasteiger partial charge in [-0.2, -0.15) is 10.3 Å². The Morgan fingerprint density at radius 3 is 2.58 bits per heavy atom. The van der Waals surface area contributed by atoms with Gasteiger partial charge in [-0.05, 0) is 48.2 Å². The van der Waals surface area contributed by atoms with Crippen LogP contribution in [-0.2, 0) is 15.0 Å². The van der Waals surface area contributed by atoms with E-state index >= 15 is 0 Å². The highest BCUT2D eigenvalue weighted by atomic mass is 19.2. The van der Waals surface area contributed by atoms with Gasteiger partial charge in [-0.1, -0.05) is 13.8 Å². The fourth-order valence-electron chi connectivity index (χ4n) is 6.50. The van der Waals surface area contributed by atoms with Gasteiger partial charge in [0.05, 0.1) is 17.0 Å². The van der Waals surface area contributed by atoms with Crippen molar-refractivity contribution in [3.63, 3.8) is 0 Å². The normalized spacial score (nSPS) is 22.1.